The Bertz CT molecular complexity index is 1140. The molecule has 0 saturated carbocycles. The molecule has 3 aromatic carbocycles. The highest BCUT2D eigenvalue weighted by Crippen LogP contribution is 2.34. The van der Waals surface area contributed by atoms with Crippen molar-refractivity contribution in [1.29, 1.82) is 0 Å². The van der Waals surface area contributed by atoms with E-state index in [1.54, 1.807) is 18.6 Å². The van der Waals surface area contributed by atoms with Crippen LogP contribution in [0.1, 0.15) is 0 Å². The summed E-state index contributed by atoms with van der Waals surface area (Å²) in [6, 6.07) is 29.2. The summed E-state index contributed by atoms with van der Waals surface area (Å²) in [5.41, 5.74) is 4.35. The highest BCUT2D eigenvalue weighted by molar-refractivity contribution is 5.76. The molecule has 0 radical (unpaired) electrons. The number of aromatic nitrogens is 4. The number of H-pyrrole nitrogens is 1. The van der Waals surface area contributed by atoms with Gasteiger partial charge >= 0.3 is 0 Å². The second-order valence-corrected chi connectivity index (χ2v) is 6.58. The fourth-order valence-electron chi connectivity index (χ4n) is 3.44. The number of nitrogens with one attached hydrogen (secondary N) is 1. The number of anilines is 3. The van der Waals surface area contributed by atoms with E-state index in [0.717, 1.165) is 34.4 Å². The molecule has 0 bridgehead atoms. The lowest BCUT2D eigenvalue weighted by atomic mass is 10.2. The molecule has 0 saturated heterocycles. The molecule has 0 atom stereocenters. The van der Waals surface area contributed by atoms with Crippen molar-refractivity contribution in [3.8, 4) is 17.3 Å². The van der Waals surface area contributed by atoms with Gasteiger partial charge in [0.1, 0.15) is 0 Å². The molecule has 1 N–H and O–H groups in total. The minimum absolute atomic E-state index is 0.745. The fraction of sp³-hybridized carbons (Fsp3) is 0. The van der Waals surface area contributed by atoms with Crippen LogP contribution >= 0.6 is 0 Å². The Morgan fingerprint density at radius 3 is 1.86 bits per heavy atom. The Morgan fingerprint density at radius 2 is 1.28 bits per heavy atom. The first kappa shape index (κ1) is 17.0. The molecule has 29 heavy (non-hydrogen) atoms. The third-order valence-corrected chi connectivity index (χ3v) is 4.77. The summed E-state index contributed by atoms with van der Waals surface area (Å²) in [4.78, 5) is 14.1. The summed E-state index contributed by atoms with van der Waals surface area (Å²) < 4.78 is 2.03. The maximum absolute atomic E-state index is 4.45. The van der Waals surface area contributed by atoms with Crippen LogP contribution in [0, 0.1) is 0 Å². The Labute approximate surface area is 168 Å². The Hall–Kier alpha value is -4.12. The van der Waals surface area contributed by atoms with E-state index in [-0.39, 0.29) is 0 Å². The average Bonchev–Trinajstić information content (AvgIpc) is 3.48. The zero-order valence-corrected chi connectivity index (χ0v) is 15.7. The van der Waals surface area contributed by atoms with Gasteiger partial charge in [0.15, 0.2) is 11.6 Å². The Kier molecular flexibility index (Phi) is 4.39. The molecule has 5 rings (SSSR count). The second kappa shape index (κ2) is 7.48. The van der Waals surface area contributed by atoms with E-state index < -0.39 is 0 Å². The first-order valence-electron chi connectivity index (χ1n) is 9.44. The molecule has 0 spiro atoms. The number of benzene rings is 3. The minimum atomic E-state index is 0.745. The van der Waals surface area contributed by atoms with Crippen LogP contribution in [0.5, 0.6) is 0 Å². The van der Waals surface area contributed by atoms with Crippen LogP contribution in [0.2, 0.25) is 0 Å². The van der Waals surface area contributed by atoms with Gasteiger partial charge in [0.2, 0.25) is 0 Å². The Balaban J connectivity index is 1.54. The van der Waals surface area contributed by atoms with Crippen molar-refractivity contribution < 1.29 is 0 Å². The van der Waals surface area contributed by atoms with Crippen LogP contribution in [-0.4, -0.2) is 19.5 Å². The smallest absolute Gasteiger partial charge is 0.180 e. The molecule has 0 aliphatic heterocycles. The molecule has 0 aliphatic carbocycles. The van der Waals surface area contributed by atoms with E-state index in [9.17, 15) is 0 Å². The van der Waals surface area contributed by atoms with Crippen molar-refractivity contribution in [2.75, 3.05) is 4.90 Å². The number of para-hydroxylation sites is 2. The van der Waals surface area contributed by atoms with Gasteiger partial charge in [-0.1, -0.05) is 36.4 Å². The predicted octanol–water partition coefficient (Wildman–Crippen LogP) is 5.73. The van der Waals surface area contributed by atoms with E-state index in [0.29, 0.717) is 0 Å². The average molecular weight is 377 g/mol. The summed E-state index contributed by atoms with van der Waals surface area (Å²) in [7, 11) is 0. The van der Waals surface area contributed by atoms with Gasteiger partial charge in [-0.25, -0.2) is 9.97 Å². The molecule has 0 fully saturated rings. The van der Waals surface area contributed by atoms with Gasteiger partial charge in [-0.15, -0.1) is 0 Å². The molecule has 5 aromatic rings. The van der Waals surface area contributed by atoms with Gasteiger partial charge in [0, 0.05) is 47.5 Å². The summed E-state index contributed by atoms with van der Waals surface area (Å²) in [5.74, 6) is 1.53. The highest BCUT2D eigenvalue weighted by atomic mass is 15.1. The van der Waals surface area contributed by atoms with Crippen LogP contribution in [0.3, 0.4) is 0 Å². The first-order chi connectivity index (χ1) is 14.4. The maximum atomic E-state index is 4.45. The van der Waals surface area contributed by atoms with Crippen LogP contribution in [-0.2, 0) is 0 Å². The lowest BCUT2D eigenvalue weighted by Crippen LogP contribution is -2.09. The third kappa shape index (κ3) is 3.30. The predicted molar refractivity (Wildman–Crippen MR) is 116 cm³/mol. The Morgan fingerprint density at radius 1 is 0.655 bits per heavy atom. The van der Waals surface area contributed by atoms with Crippen molar-refractivity contribution >= 4 is 17.1 Å². The SMILES string of the molecule is c1ccc(N(c2ccccc2)c2ccc(-n3ccnc3-c3ncc[nH]3)cc2)cc1. The molecule has 2 heterocycles. The van der Waals surface area contributed by atoms with Gasteiger partial charge < -0.3 is 9.88 Å². The van der Waals surface area contributed by atoms with Crippen molar-refractivity contribution in [3.63, 3.8) is 0 Å². The number of hydrogen-bond acceptors (Lipinski definition) is 3. The molecule has 2 aromatic heterocycles. The molecule has 0 unspecified atom stereocenters. The van der Waals surface area contributed by atoms with E-state index in [1.165, 1.54) is 0 Å². The minimum Gasteiger partial charge on any atom is -0.342 e. The largest absolute Gasteiger partial charge is 0.342 e. The summed E-state index contributed by atoms with van der Waals surface area (Å²) in [6.07, 6.45) is 7.26. The van der Waals surface area contributed by atoms with Crippen LogP contribution in [0.25, 0.3) is 17.3 Å². The van der Waals surface area contributed by atoms with Crippen LogP contribution in [0.4, 0.5) is 17.1 Å². The highest BCUT2D eigenvalue weighted by Gasteiger charge is 2.13. The van der Waals surface area contributed by atoms with Crippen molar-refractivity contribution in [1.82, 2.24) is 19.5 Å². The molecule has 140 valence electrons. The zero-order valence-electron chi connectivity index (χ0n) is 15.7. The maximum Gasteiger partial charge on any atom is 0.180 e. The topological polar surface area (TPSA) is 49.7 Å². The van der Waals surface area contributed by atoms with Gasteiger partial charge in [-0.05, 0) is 48.5 Å². The lowest BCUT2D eigenvalue weighted by molar-refractivity contribution is 1.04. The molecular weight excluding hydrogens is 358 g/mol. The van der Waals surface area contributed by atoms with Gasteiger partial charge in [0.05, 0.1) is 0 Å². The van der Waals surface area contributed by atoms with Gasteiger partial charge in [0.25, 0.3) is 0 Å². The lowest BCUT2D eigenvalue weighted by Gasteiger charge is -2.25. The molecule has 0 amide bonds. The number of nitrogens with zero attached hydrogens (tertiary/aromatic N) is 4. The zero-order chi connectivity index (χ0) is 19.5. The number of hydrogen-bond donors (Lipinski definition) is 1. The van der Waals surface area contributed by atoms with Gasteiger partial charge in [-0.2, -0.15) is 0 Å². The standard InChI is InChI=1S/C24H19N5/c1-3-7-20(8-4-1)29(21-9-5-2-6-10-21)22-13-11-19(12-14-22)28-18-17-27-24(28)23-25-15-16-26-23/h1-18H,(H,25,26). The van der Waals surface area contributed by atoms with E-state index in [4.69, 9.17) is 0 Å². The molecular formula is C24H19N5. The van der Waals surface area contributed by atoms with Crippen molar-refractivity contribution in [2.24, 2.45) is 0 Å². The van der Waals surface area contributed by atoms with E-state index >= 15 is 0 Å². The number of rotatable bonds is 5. The summed E-state index contributed by atoms with van der Waals surface area (Å²) >= 11 is 0. The second-order valence-electron chi connectivity index (χ2n) is 6.58. The third-order valence-electron chi connectivity index (χ3n) is 4.77. The van der Waals surface area contributed by atoms with Crippen LogP contribution in [0.15, 0.2) is 110 Å². The van der Waals surface area contributed by atoms with E-state index in [2.05, 4.69) is 92.6 Å². The van der Waals surface area contributed by atoms with Crippen molar-refractivity contribution in [2.45, 2.75) is 0 Å². The first-order valence-corrected chi connectivity index (χ1v) is 9.44. The van der Waals surface area contributed by atoms with Crippen LogP contribution < -0.4 is 4.90 Å². The molecule has 5 nitrogen and oxygen atoms in total. The summed E-state index contributed by atoms with van der Waals surface area (Å²) in [6.45, 7) is 0. The molecule has 0 aliphatic rings. The number of imidazole rings is 2. The quantitative estimate of drug-likeness (QED) is 0.425. The van der Waals surface area contributed by atoms with Gasteiger partial charge in [-0.3, -0.25) is 4.57 Å². The number of aromatic amines is 1. The monoisotopic (exact) mass is 377 g/mol. The van der Waals surface area contributed by atoms with E-state index in [1.807, 2.05) is 22.9 Å². The van der Waals surface area contributed by atoms with Crippen molar-refractivity contribution in [3.05, 3.63) is 110 Å². The summed E-state index contributed by atoms with van der Waals surface area (Å²) in [5, 5.41) is 0. The molecule has 5 heteroatoms. The fourth-order valence-corrected chi connectivity index (χ4v) is 3.44. The normalized spacial score (nSPS) is 10.8.